The van der Waals surface area contributed by atoms with Gasteiger partial charge in [0.2, 0.25) is 0 Å². The number of rotatable bonds is 7. The Kier molecular flexibility index (Phi) is 5.39. The molecule has 0 aliphatic carbocycles. The van der Waals surface area contributed by atoms with Crippen LogP contribution in [0.4, 0.5) is 0 Å². The molecule has 0 fully saturated rings. The maximum Gasteiger partial charge on any atom is 0.124 e. The first kappa shape index (κ1) is 15.6. The molecule has 0 aliphatic heterocycles. The number of aromatic nitrogens is 2. The summed E-state index contributed by atoms with van der Waals surface area (Å²) in [5.41, 5.74) is 2.30. The minimum atomic E-state index is 0.0902. The Hall–Kier alpha value is -1.81. The van der Waals surface area contributed by atoms with E-state index in [9.17, 15) is 0 Å². The molecule has 4 nitrogen and oxygen atoms in total. The highest BCUT2D eigenvalue weighted by molar-refractivity contribution is 5.40. The second-order valence-electron chi connectivity index (χ2n) is 5.52. The van der Waals surface area contributed by atoms with E-state index in [1.165, 1.54) is 0 Å². The second kappa shape index (κ2) is 7.27. The topological polar surface area (TPSA) is 39.1 Å². The van der Waals surface area contributed by atoms with Crippen molar-refractivity contribution in [3.63, 3.8) is 0 Å². The number of hydrogen-bond acceptors (Lipinski definition) is 3. The van der Waals surface area contributed by atoms with Gasteiger partial charge in [-0.25, -0.2) is 4.98 Å². The van der Waals surface area contributed by atoms with Crippen LogP contribution in [0, 0.1) is 0 Å². The highest BCUT2D eigenvalue weighted by Crippen LogP contribution is 2.30. The minimum absolute atomic E-state index is 0.0902. The second-order valence-corrected chi connectivity index (χ2v) is 5.52. The summed E-state index contributed by atoms with van der Waals surface area (Å²) < 4.78 is 8.03. The van der Waals surface area contributed by atoms with Crippen molar-refractivity contribution in [2.75, 3.05) is 6.54 Å². The first-order valence-electron chi connectivity index (χ1n) is 7.58. The molecule has 114 valence electrons. The van der Waals surface area contributed by atoms with Gasteiger partial charge in [0.1, 0.15) is 5.75 Å². The minimum Gasteiger partial charge on any atom is -0.491 e. The monoisotopic (exact) mass is 287 g/mol. The average Bonchev–Trinajstić information content (AvgIpc) is 2.87. The Morgan fingerprint density at radius 2 is 2.05 bits per heavy atom. The Balaban J connectivity index is 2.39. The van der Waals surface area contributed by atoms with Crippen molar-refractivity contribution in [1.29, 1.82) is 0 Å². The standard InChI is InChI=1S/C17H25N3O/c1-5-10-19-17(15-11-18-12-20(15)4)14-8-6-7-9-16(14)21-13(2)3/h6-9,11-13,17,19H,5,10H2,1-4H3. The van der Waals surface area contributed by atoms with Gasteiger partial charge in [0.25, 0.3) is 0 Å². The van der Waals surface area contributed by atoms with Crippen LogP contribution in [0.25, 0.3) is 0 Å². The maximum atomic E-state index is 5.97. The third kappa shape index (κ3) is 3.85. The van der Waals surface area contributed by atoms with Crippen molar-refractivity contribution in [1.82, 2.24) is 14.9 Å². The number of nitrogens with zero attached hydrogens (tertiary/aromatic N) is 2. The lowest BCUT2D eigenvalue weighted by Crippen LogP contribution is -2.26. The molecule has 1 N–H and O–H groups in total. The number of imidazole rings is 1. The summed E-state index contributed by atoms with van der Waals surface area (Å²) in [4.78, 5) is 4.25. The van der Waals surface area contributed by atoms with Gasteiger partial charge >= 0.3 is 0 Å². The summed E-state index contributed by atoms with van der Waals surface area (Å²) in [6, 6.07) is 8.32. The Morgan fingerprint density at radius 1 is 1.29 bits per heavy atom. The van der Waals surface area contributed by atoms with Gasteiger partial charge in [0, 0.05) is 12.6 Å². The van der Waals surface area contributed by atoms with E-state index < -0.39 is 0 Å². The highest BCUT2D eigenvalue weighted by atomic mass is 16.5. The Bertz CT molecular complexity index is 563. The fourth-order valence-corrected chi connectivity index (χ4v) is 2.39. The Morgan fingerprint density at radius 3 is 2.67 bits per heavy atom. The van der Waals surface area contributed by atoms with Gasteiger partial charge in [-0.15, -0.1) is 0 Å². The van der Waals surface area contributed by atoms with Crippen molar-refractivity contribution >= 4 is 0 Å². The van der Waals surface area contributed by atoms with E-state index in [-0.39, 0.29) is 12.1 Å². The fraction of sp³-hybridized carbons (Fsp3) is 0.471. The van der Waals surface area contributed by atoms with E-state index in [0.29, 0.717) is 0 Å². The zero-order valence-corrected chi connectivity index (χ0v) is 13.3. The first-order chi connectivity index (χ1) is 10.1. The summed E-state index contributed by atoms with van der Waals surface area (Å²) in [7, 11) is 2.02. The van der Waals surface area contributed by atoms with Crippen LogP contribution in [0.3, 0.4) is 0 Å². The molecule has 1 unspecified atom stereocenters. The van der Waals surface area contributed by atoms with Crippen LogP contribution in [0.15, 0.2) is 36.8 Å². The van der Waals surface area contributed by atoms with Crippen LogP contribution in [-0.2, 0) is 7.05 Å². The van der Waals surface area contributed by atoms with Crippen molar-refractivity contribution in [2.24, 2.45) is 7.05 Å². The molecular weight excluding hydrogens is 262 g/mol. The van der Waals surface area contributed by atoms with Crippen molar-refractivity contribution in [3.8, 4) is 5.75 Å². The predicted molar refractivity (Wildman–Crippen MR) is 85.6 cm³/mol. The lowest BCUT2D eigenvalue weighted by atomic mass is 10.0. The zero-order chi connectivity index (χ0) is 15.2. The normalized spacial score (nSPS) is 12.6. The van der Waals surface area contributed by atoms with Gasteiger partial charge in [0.15, 0.2) is 0 Å². The predicted octanol–water partition coefficient (Wildman–Crippen LogP) is 3.30. The number of ether oxygens (including phenoxy) is 1. The van der Waals surface area contributed by atoms with E-state index in [1.807, 2.05) is 31.7 Å². The quantitative estimate of drug-likeness (QED) is 0.849. The van der Waals surface area contributed by atoms with Crippen molar-refractivity contribution < 1.29 is 4.74 Å². The molecule has 0 saturated heterocycles. The largest absolute Gasteiger partial charge is 0.491 e. The molecule has 1 heterocycles. The molecule has 0 saturated carbocycles. The number of nitrogens with one attached hydrogen (secondary N) is 1. The van der Waals surface area contributed by atoms with Gasteiger partial charge < -0.3 is 14.6 Å². The summed E-state index contributed by atoms with van der Waals surface area (Å²) in [6.07, 6.45) is 4.99. The molecule has 2 rings (SSSR count). The van der Waals surface area contributed by atoms with Crippen LogP contribution in [-0.4, -0.2) is 22.2 Å². The third-order valence-electron chi connectivity index (χ3n) is 3.34. The fourth-order valence-electron chi connectivity index (χ4n) is 2.39. The van der Waals surface area contributed by atoms with Gasteiger partial charge in [-0.1, -0.05) is 25.1 Å². The molecule has 0 bridgehead atoms. The molecule has 0 aliphatic rings. The Labute approximate surface area is 127 Å². The molecule has 1 atom stereocenters. The molecule has 2 aromatic rings. The number of aryl methyl sites for hydroxylation is 1. The number of benzene rings is 1. The van der Waals surface area contributed by atoms with E-state index in [2.05, 4.69) is 47.8 Å². The molecule has 21 heavy (non-hydrogen) atoms. The van der Waals surface area contributed by atoms with Gasteiger partial charge in [-0.3, -0.25) is 0 Å². The van der Waals surface area contributed by atoms with Crippen LogP contribution < -0.4 is 10.1 Å². The van der Waals surface area contributed by atoms with Gasteiger partial charge in [-0.2, -0.15) is 0 Å². The molecule has 0 amide bonds. The SMILES string of the molecule is CCCNC(c1ccccc1OC(C)C)c1cncn1C. The summed E-state index contributed by atoms with van der Waals surface area (Å²) in [6.45, 7) is 7.22. The summed E-state index contributed by atoms with van der Waals surface area (Å²) in [5.74, 6) is 0.933. The van der Waals surface area contributed by atoms with Crippen LogP contribution >= 0.6 is 0 Å². The van der Waals surface area contributed by atoms with E-state index in [4.69, 9.17) is 4.74 Å². The van der Waals surface area contributed by atoms with Gasteiger partial charge in [0.05, 0.1) is 30.4 Å². The first-order valence-corrected chi connectivity index (χ1v) is 7.58. The lowest BCUT2D eigenvalue weighted by molar-refractivity contribution is 0.238. The molecule has 1 aromatic heterocycles. The zero-order valence-electron chi connectivity index (χ0n) is 13.3. The molecule has 1 aromatic carbocycles. The van der Waals surface area contributed by atoms with E-state index in [0.717, 1.165) is 30.0 Å². The van der Waals surface area contributed by atoms with Crippen LogP contribution in [0.1, 0.15) is 44.5 Å². The number of para-hydroxylation sites is 1. The summed E-state index contributed by atoms with van der Waals surface area (Å²) in [5, 5.41) is 3.60. The van der Waals surface area contributed by atoms with Crippen LogP contribution in [0.5, 0.6) is 5.75 Å². The average molecular weight is 287 g/mol. The molecule has 0 radical (unpaired) electrons. The smallest absolute Gasteiger partial charge is 0.124 e. The van der Waals surface area contributed by atoms with Crippen molar-refractivity contribution in [2.45, 2.75) is 39.3 Å². The van der Waals surface area contributed by atoms with Gasteiger partial charge in [-0.05, 0) is 32.9 Å². The maximum absolute atomic E-state index is 5.97. The molecule has 4 heteroatoms. The molecule has 0 spiro atoms. The number of hydrogen-bond donors (Lipinski definition) is 1. The highest BCUT2D eigenvalue weighted by Gasteiger charge is 2.20. The third-order valence-corrected chi connectivity index (χ3v) is 3.34. The van der Waals surface area contributed by atoms with Crippen molar-refractivity contribution in [3.05, 3.63) is 48.0 Å². The van der Waals surface area contributed by atoms with Crippen LogP contribution in [0.2, 0.25) is 0 Å². The lowest BCUT2D eigenvalue weighted by Gasteiger charge is -2.23. The summed E-state index contributed by atoms with van der Waals surface area (Å²) >= 11 is 0. The molecular formula is C17H25N3O. The van der Waals surface area contributed by atoms with E-state index >= 15 is 0 Å². The van der Waals surface area contributed by atoms with E-state index in [1.54, 1.807) is 0 Å².